The van der Waals surface area contributed by atoms with E-state index in [4.69, 9.17) is 10.2 Å². The van der Waals surface area contributed by atoms with Crippen LogP contribution in [0.1, 0.15) is 17.0 Å². The summed E-state index contributed by atoms with van der Waals surface area (Å²) in [7, 11) is 0. The first-order valence-electron chi connectivity index (χ1n) is 7.20. The third kappa shape index (κ3) is 2.85. The molecule has 21 heavy (non-hydrogen) atoms. The fourth-order valence-corrected chi connectivity index (χ4v) is 2.83. The number of carbonyl (C=O) groups is 2. The van der Waals surface area contributed by atoms with Crippen molar-refractivity contribution in [1.29, 1.82) is 0 Å². The summed E-state index contributed by atoms with van der Waals surface area (Å²) in [6.07, 6.45) is 5.96. The molecule has 3 rings (SSSR count). The minimum atomic E-state index is -0.116. The van der Waals surface area contributed by atoms with Crippen molar-refractivity contribution in [2.24, 2.45) is 11.7 Å². The van der Waals surface area contributed by atoms with Gasteiger partial charge in [-0.2, -0.15) is 0 Å². The van der Waals surface area contributed by atoms with Crippen LogP contribution in [0.25, 0.3) is 0 Å². The van der Waals surface area contributed by atoms with Gasteiger partial charge in [0.05, 0.1) is 12.2 Å². The summed E-state index contributed by atoms with van der Waals surface area (Å²) in [4.78, 5) is 28.0. The number of carbonyl (C=O) groups excluding carboxylic acids is 2. The largest absolute Gasteiger partial charge is 0.459 e. The Morgan fingerprint density at radius 1 is 1.14 bits per heavy atom. The molecule has 1 aliphatic heterocycles. The molecule has 6 nitrogen and oxygen atoms in total. The molecule has 2 N–H and O–H groups in total. The number of piperazine rings is 1. The van der Waals surface area contributed by atoms with Gasteiger partial charge in [-0.25, -0.2) is 0 Å². The molecule has 0 spiro atoms. The molecule has 2 aliphatic rings. The summed E-state index contributed by atoms with van der Waals surface area (Å²) < 4.78 is 5.12. The molecule has 0 unspecified atom stereocenters. The monoisotopic (exact) mass is 289 g/mol. The van der Waals surface area contributed by atoms with E-state index in [1.54, 1.807) is 17.0 Å². The quantitative estimate of drug-likeness (QED) is 0.803. The van der Waals surface area contributed by atoms with Crippen LogP contribution >= 0.6 is 0 Å². The highest BCUT2D eigenvalue weighted by molar-refractivity contribution is 5.91. The number of furan rings is 1. The average Bonchev–Trinajstić information content (AvgIpc) is 3.17. The van der Waals surface area contributed by atoms with E-state index < -0.39 is 0 Å². The number of hydrogen-bond acceptors (Lipinski definition) is 4. The van der Waals surface area contributed by atoms with E-state index in [1.165, 1.54) is 6.26 Å². The highest BCUT2D eigenvalue weighted by atomic mass is 16.3. The highest BCUT2D eigenvalue weighted by Crippen LogP contribution is 2.20. The van der Waals surface area contributed by atoms with Gasteiger partial charge in [0.15, 0.2) is 5.76 Å². The third-order valence-corrected chi connectivity index (χ3v) is 4.04. The van der Waals surface area contributed by atoms with Crippen LogP contribution in [0, 0.1) is 5.92 Å². The summed E-state index contributed by atoms with van der Waals surface area (Å²) >= 11 is 0. The second kappa shape index (κ2) is 5.73. The van der Waals surface area contributed by atoms with Gasteiger partial charge >= 0.3 is 0 Å². The van der Waals surface area contributed by atoms with Gasteiger partial charge in [-0.05, 0) is 18.6 Å². The van der Waals surface area contributed by atoms with Crippen LogP contribution in [0.4, 0.5) is 0 Å². The molecule has 2 atom stereocenters. The lowest BCUT2D eigenvalue weighted by Crippen LogP contribution is -2.51. The van der Waals surface area contributed by atoms with Gasteiger partial charge in [0.1, 0.15) is 0 Å². The molecule has 1 aromatic rings. The zero-order valence-electron chi connectivity index (χ0n) is 11.8. The van der Waals surface area contributed by atoms with Gasteiger partial charge in [0, 0.05) is 32.2 Å². The lowest BCUT2D eigenvalue weighted by molar-refractivity contribution is -0.135. The van der Waals surface area contributed by atoms with Crippen LogP contribution in [0.2, 0.25) is 0 Å². The maximum absolute atomic E-state index is 12.3. The Hall–Kier alpha value is -2.08. The summed E-state index contributed by atoms with van der Waals surface area (Å²) in [6, 6.07) is 3.34. The molecule has 1 aromatic heterocycles. The fraction of sp³-hybridized carbons (Fsp3) is 0.467. The van der Waals surface area contributed by atoms with Gasteiger partial charge in [0.2, 0.25) is 5.91 Å². The maximum atomic E-state index is 12.3. The van der Waals surface area contributed by atoms with Crippen LogP contribution in [-0.2, 0) is 4.79 Å². The molecular weight excluding hydrogens is 270 g/mol. The molecule has 6 heteroatoms. The van der Waals surface area contributed by atoms with Gasteiger partial charge in [-0.3, -0.25) is 9.59 Å². The van der Waals surface area contributed by atoms with E-state index in [1.807, 2.05) is 17.1 Å². The van der Waals surface area contributed by atoms with Crippen LogP contribution < -0.4 is 5.73 Å². The predicted octanol–water partition coefficient (Wildman–Crippen LogP) is 0.467. The standard InChI is InChI=1S/C15H19N3O3/c16-12-4-3-11(10-12)14(19)17-5-7-18(8-6-17)15(20)13-2-1-9-21-13/h1-4,9,11-12H,5-8,10,16H2/t11-,12+/m1/s1. The molecule has 112 valence electrons. The summed E-state index contributed by atoms with van der Waals surface area (Å²) in [5, 5.41) is 0. The smallest absolute Gasteiger partial charge is 0.289 e. The minimum absolute atomic E-state index is 0.0132. The Labute approximate surface area is 123 Å². The molecule has 0 saturated carbocycles. The third-order valence-electron chi connectivity index (χ3n) is 4.04. The van der Waals surface area contributed by atoms with Crippen molar-refractivity contribution < 1.29 is 14.0 Å². The first-order chi connectivity index (χ1) is 10.1. The molecule has 1 aliphatic carbocycles. The zero-order chi connectivity index (χ0) is 14.8. The molecule has 0 bridgehead atoms. The Bertz CT molecular complexity index is 545. The van der Waals surface area contributed by atoms with Crippen molar-refractivity contribution in [2.75, 3.05) is 26.2 Å². The molecular formula is C15H19N3O3. The molecule has 1 saturated heterocycles. The zero-order valence-corrected chi connectivity index (χ0v) is 11.8. The van der Waals surface area contributed by atoms with E-state index in [9.17, 15) is 9.59 Å². The Morgan fingerprint density at radius 3 is 2.43 bits per heavy atom. The van der Waals surface area contributed by atoms with E-state index in [0.29, 0.717) is 38.4 Å². The number of amides is 2. The average molecular weight is 289 g/mol. The fourth-order valence-electron chi connectivity index (χ4n) is 2.83. The predicted molar refractivity (Wildman–Crippen MR) is 76.4 cm³/mol. The second-order valence-electron chi connectivity index (χ2n) is 5.49. The summed E-state index contributed by atoms with van der Waals surface area (Å²) in [5.74, 6) is 0.242. The van der Waals surface area contributed by atoms with Gasteiger partial charge < -0.3 is 20.0 Å². The van der Waals surface area contributed by atoms with Crippen LogP contribution in [0.15, 0.2) is 35.0 Å². The molecule has 1 fully saturated rings. The minimum Gasteiger partial charge on any atom is -0.459 e. The number of nitrogens with zero attached hydrogens (tertiary/aromatic N) is 2. The van der Waals surface area contributed by atoms with E-state index in [2.05, 4.69) is 0 Å². The van der Waals surface area contributed by atoms with E-state index >= 15 is 0 Å². The maximum Gasteiger partial charge on any atom is 0.289 e. The van der Waals surface area contributed by atoms with Crippen LogP contribution in [0.5, 0.6) is 0 Å². The van der Waals surface area contributed by atoms with E-state index in [-0.39, 0.29) is 23.8 Å². The second-order valence-corrected chi connectivity index (χ2v) is 5.49. The number of rotatable bonds is 2. The lowest BCUT2D eigenvalue weighted by atomic mass is 10.1. The van der Waals surface area contributed by atoms with Crippen molar-refractivity contribution >= 4 is 11.8 Å². The highest BCUT2D eigenvalue weighted by Gasteiger charge is 2.31. The van der Waals surface area contributed by atoms with Gasteiger partial charge in [0.25, 0.3) is 5.91 Å². The molecule has 2 amide bonds. The molecule has 0 aromatic carbocycles. The van der Waals surface area contributed by atoms with Crippen LogP contribution in [0.3, 0.4) is 0 Å². The summed E-state index contributed by atoms with van der Waals surface area (Å²) in [5.41, 5.74) is 5.79. The topological polar surface area (TPSA) is 79.8 Å². The van der Waals surface area contributed by atoms with Gasteiger partial charge in [-0.1, -0.05) is 12.2 Å². The van der Waals surface area contributed by atoms with Crippen molar-refractivity contribution in [3.8, 4) is 0 Å². The van der Waals surface area contributed by atoms with E-state index in [0.717, 1.165) is 0 Å². The summed E-state index contributed by atoms with van der Waals surface area (Å²) in [6.45, 7) is 2.19. The number of nitrogens with two attached hydrogens (primary N) is 1. The van der Waals surface area contributed by atoms with Crippen molar-refractivity contribution in [3.63, 3.8) is 0 Å². The van der Waals surface area contributed by atoms with Gasteiger partial charge in [-0.15, -0.1) is 0 Å². The Morgan fingerprint density at radius 2 is 1.86 bits per heavy atom. The first-order valence-corrected chi connectivity index (χ1v) is 7.20. The normalized spacial score (nSPS) is 25.4. The number of hydrogen-bond donors (Lipinski definition) is 1. The van der Waals surface area contributed by atoms with Crippen molar-refractivity contribution in [2.45, 2.75) is 12.5 Å². The Balaban J connectivity index is 1.54. The SMILES string of the molecule is N[C@H]1C=C[C@@H](C(=O)N2CCN(C(=O)c3ccco3)CC2)C1. The lowest BCUT2D eigenvalue weighted by Gasteiger charge is -2.35. The van der Waals surface area contributed by atoms with Crippen molar-refractivity contribution in [1.82, 2.24) is 9.80 Å². The molecule has 2 heterocycles. The first kappa shape index (κ1) is 13.9. The van der Waals surface area contributed by atoms with Crippen molar-refractivity contribution in [3.05, 3.63) is 36.3 Å². The molecule has 0 radical (unpaired) electrons. The van der Waals surface area contributed by atoms with Crippen LogP contribution in [-0.4, -0.2) is 53.8 Å². The Kier molecular flexibility index (Phi) is 3.79.